The number of hydrogen-bond donors (Lipinski definition) is 3. The van der Waals surface area contributed by atoms with Crippen molar-refractivity contribution in [1.82, 2.24) is 10.6 Å². The Morgan fingerprint density at radius 2 is 1.58 bits per heavy atom. The molecule has 0 saturated carbocycles. The average Bonchev–Trinajstić information content (AvgIpc) is 3.02. The third kappa shape index (κ3) is 7.28. The number of rotatable bonds is 9. The fourth-order valence-corrected chi connectivity index (χ4v) is 5.80. The molecule has 3 aromatic rings. The Bertz CT molecular complexity index is 1530. The van der Waals surface area contributed by atoms with Gasteiger partial charge in [-0.05, 0) is 72.6 Å². The smallest absolute Gasteiger partial charge is 0.394 e. The quantitative estimate of drug-likeness (QED) is 0.334. The monoisotopic (exact) mass is 618 g/mol. The van der Waals surface area contributed by atoms with Crippen molar-refractivity contribution in [3.63, 3.8) is 0 Å². The van der Waals surface area contributed by atoms with E-state index >= 15 is 0 Å². The highest BCUT2D eigenvalue weighted by Gasteiger charge is 2.33. The molecule has 1 fully saturated rings. The van der Waals surface area contributed by atoms with Gasteiger partial charge < -0.3 is 25.5 Å². The molecule has 2 amide bonds. The number of sulfone groups is 1. The van der Waals surface area contributed by atoms with Crippen LogP contribution in [0.15, 0.2) is 77.7 Å². The van der Waals surface area contributed by atoms with Crippen molar-refractivity contribution in [2.75, 3.05) is 42.4 Å². The highest BCUT2D eigenvalue weighted by molar-refractivity contribution is 7.91. The van der Waals surface area contributed by atoms with Crippen LogP contribution in [-0.4, -0.2) is 64.0 Å². The molecular weight excluding hydrogens is 585 g/mol. The summed E-state index contributed by atoms with van der Waals surface area (Å²) in [5.74, 6) is -0.724. The number of nitrogens with zero attached hydrogens (tertiary/aromatic N) is 2. The van der Waals surface area contributed by atoms with Crippen LogP contribution in [0.1, 0.15) is 40.9 Å². The zero-order valence-electron chi connectivity index (χ0n) is 23.6. The molecule has 1 aliphatic rings. The molecule has 0 radical (unpaired) electrons. The van der Waals surface area contributed by atoms with Crippen LogP contribution < -0.4 is 20.4 Å². The minimum Gasteiger partial charge on any atom is -0.394 e. The first-order chi connectivity index (χ1) is 20.4. The van der Waals surface area contributed by atoms with Crippen molar-refractivity contribution >= 4 is 33.0 Å². The van der Waals surface area contributed by atoms with Gasteiger partial charge in [-0.1, -0.05) is 19.1 Å². The van der Waals surface area contributed by atoms with Crippen LogP contribution in [0.2, 0.25) is 0 Å². The van der Waals surface area contributed by atoms with Gasteiger partial charge in [-0.15, -0.1) is 0 Å². The van der Waals surface area contributed by atoms with Crippen LogP contribution in [0.3, 0.4) is 0 Å². The number of anilines is 2. The van der Waals surface area contributed by atoms with Crippen LogP contribution in [0.25, 0.3) is 0 Å². The third-order valence-corrected chi connectivity index (χ3v) is 9.20. The molecule has 0 spiro atoms. The maximum Gasteiger partial charge on any atom is 0.416 e. The SMILES string of the molecule is CCS(=O)(=O)c1ccc([C@H](CO)NC(=O)c2ccc(N3CN(c4ccc(C(F)(F)F)cc4)CC[C@H]3C(=O)NC)cc2)cc1. The molecule has 1 heterocycles. The number of likely N-dealkylation sites (N-methyl/N-ethyl adjacent to an activating group) is 1. The number of benzene rings is 3. The molecule has 0 aliphatic carbocycles. The van der Waals surface area contributed by atoms with Crippen LogP contribution >= 0.6 is 0 Å². The van der Waals surface area contributed by atoms with Gasteiger partial charge in [0.25, 0.3) is 5.91 Å². The number of carbonyl (C=O) groups is 2. The Kier molecular flexibility index (Phi) is 9.65. The molecule has 230 valence electrons. The summed E-state index contributed by atoms with van der Waals surface area (Å²) in [5.41, 5.74) is 1.30. The molecule has 0 aromatic heterocycles. The van der Waals surface area contributed by atoms with Gasteiger partial charge in [-0.3, -0.25) is 9.59 Å². The predicted molar refractivity (Wildman–Crippen MR) is 157 cm³/mol. The molecule has 3 aromatic carbocycles. The van der Waals surface area contributed by atoms with E-state index in [1.165, 1.54) is 31.3 Å². The topological polar surface area (TPSA) is 119 Å². The van der Waals surface area contributed by atoms with Gasteiger partial charge in [0.1, 0.15) is 6.04 Å². The molecule has 3 N–H and O–H groups in total. The molecule has 0 unspecified atom stereocenters. The lowest BCUT2D eigenvalue weighted by molar-refractivity contribution is -0.137. The van der Waals surface area contributed by atoms with Gasteiger partial charge in [0, 0.05) is 30.5 Å². The van der Waals surface area contributed by atoms with Crippen molar-refractivity contribution in [2.24, 2.45) is 0 Å². The molecule has 0 bridgehead atoms. The number of amides is 2. The van der Waals surface area contributed by atoms with E-state index in [9.17, 15) is 36.3 Å². The van der Waals surface area contributed by atoms with Gasteiger partial charge >= 0.3 is 6.18 Å². The fourth-order valence-electron chi connectivity index (χ4n) is 4.91. The first kappa shape index (κ1) is 31.8. The van der Waals surface area contributed by atoms with Crippen molar-refractivity contribution < 1.29 is 36.3 Å². The Hall–Kier alpha value is -4.10. The number of halogens is 3. The van der Waals surface area contributed by atoms with Crippen LogP contribution in [0, 0.1) is 0 Å². The number of aliphatic hydroxyl groups is 1. The van der Waals surface area contributed by atoms with E-state index in [1.807, 2.05) is 9.80 Å². The standard InChI is InChI=1S/C30H33F3N4O5S/c1-3-43(41,42)25-14-6-20(7-15-25)26(18-38)35-28(39)21-4-10-24(11-5-21)37-19-36(17-16-27(37)29(40)34-2)23-12-8-22(9-13-23)30(31,32)33/h4-15,26-27,38H,3,16-19H2,1-2H3,(H,34,40)(H,35,39)/t26-,27-/m0/s1. The first-order valence-corrected chi connectivity index (χ1v) is 15.3. The van der Waals surface area contributed by atoms with E-state index < -0.39 is 46.2 Å². The summed E-state index contributed by atoms with van der Waals surface area (Å²) in [6.45, 7) is 1.81. The van der Waals surface area contributed by atoms with Gasteiger partial charge in [0.05, 0.1) is 35.5 Å². The van der Waals surface area contributed by atoms with Gasteiger partial charge in [0.15, 0.2) is 9.84 Å². The normalized spacial score (nSPS) is 16.5. The number of nitrogens with one attached hydrogen (secondary N) is 2. The lowest BCUT2D eigenvalue weighted by Gasteiger charge is -2.43. The Labute approximate surface area is 248 Å². The van der Waals surface area contributed by atoms with E-state index in [0.29, 0.717) is 35.5 Å². The van der Waals surface area contributed by atoms with E-state index in [0.717, 1.165) is 12.1 Å². The predicted octanol–water partition coefficient (Wildman–Crippen LogP) is 3.75. The lowest BCUT2D eigenvalue weighted by atomic mass is 10.0. The number of alkyl halides is 3. The maximum atomic E-state index is 13.0. The first-order valence-electron chi connectivity index (χ1n) is 13.6. The third-order valence-electron chi connectivity index (χ3n) is 7.45. The molecule has 13 heteroatoms. The lowest BCUT2D eigenvalue weighted by Crippen LogP contribution is -2.56. The van der Waals surface area contributed by atoms with Crippen LogP contribution in [0.5, 0.6) is 0 Å². The van der Waals surface area contributed by atoms with E-state index in [1.54, 1.807) is 43.3 Å². The second kappa shape index (κ2) is 13.0. The van der Waals surface area contributed by atoms with Gasteiger partial charge in [0.2, 0.25) is 5.91 Å². The Balaban J connectivity index is 1.50. The minimum absolute atomic E-state index is 0.0448. The molecule has 2 atom stereocenters. The zero-order chi connectivity index (χ0) is 31.4. The zero-order valence-corrected chi connectivity index (χ0v) is 24.5. The number of hydrogen-bond acceptors (Lipinski definition) is 7. The van der Waals surface area contributed by atoms with E-state index in [2.05, 4.69) is 10.6 Å². The summed E-state index contributed by atoms with van der Waals surface area (Å²) in [6.07, 6.45) is -4.02. The number of carbonyl (C=O) groups excluding carboxylic acids is 2. The summed E-state index contributed by atoms with van der Waals surface area (Å²) in [6, 6.07) is 16.0. The van der Waals surface area contributed by atoms with Crippen molar-refractivity contribution in [3.8, 4) is 0 Å². The maximum absolute atomic E-state index is 13.0. The average molecular weight is 619 g/mol. The highest BCUT2D eigenvalue weighted by atomic mass is 32.2. The summed E-state index contributed by atoms with van der Waals surface area (Å²) in [7, 11) is -1.86. The van der Waals surface area contributed by atoms with Crippen molar-refractivity contribution in [1.29, 1.82) is 0 Å². The van der Waals surface area contributed by atoms with Gasteiger partial charge in [-0.25, -0.2) is 8.42 Å². The van der Waals surface area contributed by atoms with Crippen molar-refractivity contribution in [3.05, 3.63) is 89.5 Å². The summed E-state index contributed by atoms with van der Waals surface area (Å²) in [5, 5.41) is 15.3. The largest absolute Gasteiger partial charge is 0.416 e. The molecule has 43 heavy (non-hydrogen) atoms. The minimum atomic E-state index is -4.44. The van der Waals surface area contributed by atoms with E-state index in [4.69, 9.17) is 0 Å². The van der Waals surface area contributed by atoms with Crippen LogP contribution in [-0.2, 0) is 20.8 Å². The molecule has 1 aliphatic heterocycles. The second-order valence-corrected chi connectivity index (χ2v) is 12.3. The summed E-state index contributed by atoms with van der Waals surface area (Å²) >= 11 is 0. The van der Waals surface area contributed by atoms with Crippen molar-refractivity contribution in [2.45, 2.75) is 36.5 Å². The van der Waals surface area contributed by atoms with Crippen LogP contribution in [0.4, 0.5) is 24.5 Å². The molecule has 4 rings (SSSR count). The Morgan fingerprint density at radius 1 is 0.977 bits per heavy atom. The molecule has 9 nitrogen and oxygen atoms in total. The Morgan fingerprint density at radius 3 is 2.12 bits per heavy atom. The molecule has 1 saturated heterocycles. The summed E-state index contributed by atoms with van der Waals surface area (Å²) in [4.78, 5) is 29.6. The highest BCUT2D eigenvalue weighted by Crippen LogP contribution is 2.32. The fraction of sp³-hybridized carbons (Fsp3) is 0.333. The second-order valence-electron chi connectivity index (χ2n) is 10.1. The number of aliphatic hydroxyl groups excluding tert-OH is 1. The molecular formula is C30H33F3N4O5S. The summed E-state index contributed by atoms with van der Waals surface area (Å²) < 4.78 is 63.2. The van der Waals surface area contributed by atoms with E-state index in [-0.39, 0.29) is 23.2 Å². The van der Waals surface area contributed by atoms with Gasteiger partial charge in [-0.2, -0.15) is 13.2 Å².